The van der Waals surface area contributed by atoms with E-state index in [0.717, 1.165) is 29.2 Å². The maximum Gasteiger partial charge on any atom is 0.298 e. The van der Waals surface area contributed by atoms with E-state index in [4.69, 9.17) is 15.5 Å². The zero-order valence-corrected chi connectivity index (χ0v) is 18.5. The molecule has 0 radical (unpaired) electrons. The quantitative estimate of drug-likeness (QED) is 0.589. The summed E-state index contributed by atoms with van der Waals surface area (Å²) in [7, 11) is 0. The van der Waals surface area contributed by atoms with Crippen LogP contribution in [0.1, 0.15) is 40.4 Å². The van der Waals surface area contributed by atoms with Crippen LogP contribution in [0.2, 0.25) is 0 Å². The Balaban J connectivity index is 1.57. The molecule has 1 atom stereocenters. The molecule has 1 fully saturated rings. The number of rotatable bonds is 5. The fourth-order valence-electron chi connectivity index (χ4n) is 3.73. The first-order valence-corrected chi connectivity index (χ1v) is 11.2. The van der Waals surface area contributed by atoms with E-state index in [1.165, 1.54) is 11.3 Å². The van der Waals surface area contributed by atoms with Crippen LogP contribution in [0.25, 0.3) is 11.3 Å². The Morgan fingerprint density at radius 1 is 1.12 bits per heavy atom. The van der Waals surface area contributed by atoms with Gasteiger partial charge in [0.25, 0.3) is 11.8 Å². The van der Waals surface area contributed by atoms with Crippen molar-refractivity contribution < 1.29 is 14.3 Å². The van der Waals surface area contributed by atoms with Gasteiger partial charge in [0.2, 0.25) is 0 Å². The molecule has 2 aromatic carbocycles. The first-order chi connectivity index (χ1) is 15.5. The number of likely N-dealkylation sites (tertiary alicyclic amines) is 1. The number of thiazole rings is 1. The van der Waals surface area contributed by atoms with E-state index < -0.39 is 5.91 Å². The highest BCUT2D eigenvalue weighted by Gasteiger charge is 2.28. The number of carbonyl (C=O) groups excluding carboxylic acids is 2. The van der Waals surface area contributed by atoms with Crippen molar-refractivity contribution >= 4 is 23.2 Å². The predicted octanol–water partition coefficient (Wildman–Crippen LogP) is 4.43. The predicted molar refractivity (Wildman–Crippen MR) is 125 cm³/mol. The number of hydrogen-bond acceptors (Lipinski definition) is 5. The second kappa shape index (κ2) is 9.67. The van der Waals surface area contributed by atoms with Crippen molar-refractivity contribution in [1.82, 2.24) is 9.88 Å². The van der Waals surface area contributed by atoms with E-state index in [-0.39, 0.29) is 11.8 Å². The molecule has 32 heavy (non-hydrogen) atoms. The van der Waals surface area contributed by atoms with E-state index >= 15 is 0 Å². The lowest BCUT2D eigenvalue weighted by Gasteiger charge is -2.30. The smallest absolute Gasteiger partial charge is 0.298 e. The summed E-state index contributed by atoms with van der Waals surface area (Å²) in [6, 6.07) is 17.0. The summed E-state index contributed by atoms with van der Waals surface area (Å²) in [6.07, 6.45) is 1.77. The summed E-state index contributed by atoms with van der Waals surface area (Å²) in [5, 5.41) is 0.820. The Labute approximate surface area is 191 Å². The summed E-state index contributed by atoms with van der Waals surface area (Å²) in [5.74, 6) is 6.09. The van der Waals surface area contributed by atoms with Crippen LogP contribution in [0, 0.1) is 11.8 Å². The SMILES string of the molecule is CC#CC(=O)N1CCCC(c2nc(-c3ccc(Oc4ccccc4)cc3)c(C(N)=O)s2)C1. The van der Waals surface area contributed by atoms with Gasteiger partial charge in [-0.25, -0.2) is 4.98 Å². The van der Waals surface area contributed by atoms with Gasteiger partial charge in [0, 0.05) is 24.6 Å². The molecule has 6 nitrogen and oxygen atoms in total. The zero-order chi connectivity index (χ0) is 22.5. The number of benzene rings is 2. The van der Waals surface area contributed by atoms with Crippen molar-refractivity contribution in [1.29, 1.82) is 0 Å². The summed E-state index contributed by atoms with van der Waals surface area (Å²) in [4.78, 5) is 31.3. The molecule has 1 aliphatic rings. The van der Waals surface area contributed by atoms with Crippen LogP contribution in [0.15, 0.2) is 54.6 Å². The van der Waals surface area contributed by atoms with Gasteiger partial charge >= 0.3 is 0 Å². The summed E-state index contributed by atoms with van der Waals surface area (Å²) in [5.41, 5.74) is 7.03. The van der Waals surface area contributed by atoms with Gasteiger partial charge in [-0.3, -0.25) is 9.59 Å². The lowest BCUT2D eigenvalue weighted by Crippen LogP contribution is -2.38. The number of para-hydroxylation sites is 1. The third-order valence-corrected chi connectivity index (χ3v) is 6.50. The highest BCUT2D eigenvalue weighted by molar-refractivity contribution is 7.14. The minimum atomic E-state index is -0.506. The number of hydrogen-bond donors (Lipinski definition) is 1. The molecular formula is C25H23N3O3S. The molecule has 1 aromatic heterocycles. The first kappa shape index (κ1) is 21.6. The molecule has 0 aliphatic carbocycles. The molecule has 0 saturated carbocycles. The van der Waals surface area contributed by atoms with Crippen LogP contribution < -0.4 is 10.5 Å². The third-order valence-electron chi connectivity index (χ3n) is 5.26. The fourth-order valence-corrected chi connectivity index (χ4v) is 4.79. The van der Waals surface area contributed by atoms with Crippen LogP contribution in [-0.4, -0.2) is 34.8 Å². The highest BCUT2D eigenvalue weighted by Crippen LogP contribution is 2.36. The van der Waals surface area contributed by atoms with Gasteiger partial charge in [0.1, 0.15) is 16.4 Å². The molecule has 0 spiro atoms. The molecule has 1 unspecified atom stereocenters. The average Bonchev–Trinajstić information content (AvgIpc) is 3.27. The van der Waals surface area contributed by atoms with Crippen LogP contribution in [0.5, 0.6) is 11.5 Å². The topological polar surface area (TPSA) is 85.5 Å². The summed E-state index contributed by atoms with van der Waals surface area (Å²) in [6.45, 7) is 2.89. The molecule has 1 aliphatic heterocycles. The number of piperidine rings is 1. The maximum atomic E-state index is 12.2. The van der Waals surface area contributed by atoms with Gasteiger partial charge < -0.3 is 15.4 Å². The number of amides is 2. The number of primary amides is 1. The van der Waals surface area contributed by atoms with Gasteiger partial charge in [-0.05, 0) is 62.1 Å². The van der Waals surface area contributed by atoms with E-state index in [2.05, 4.69) is 11.8 Å². The van der Waals surface area contributed by atoms with Gasteiger partial charge in [0.15, 0.2) is 0 Å². The Bertz CT molecular complexity index is 1180. The lowest BCUT2D eigenvalue weighted by molar-refractivity contribution is -0.126. The molecule has 7 heteroatoms. The first-order valence-electron chi connectivity index (χ1n) is 10.4. The minimum absolute atomic E-state index is 0.0592. The largest absolute Gasteiger partial charge is 0.457 e. The van der Waals surface area contributed by atoms with Crippen LogP contribution in [0.3, 0.4) is 0 Å². The molecule has 162 valence electrons. The van der Waals surface area contributed by atoms with Crippen LogP contribution in [0.4, 0.5) is 0 Å². The van der Waals surface area contributed by atoms with Gasteiger partial charge in [0.05, 0.1) is 10.7 Å². The number of aromatic nitrogens is 1. The number of nitrogens with zero attached hydrogens (tertiary/aromatic N) is 2. The lowest BCUT2D eigenvalue weighted by atomic mass is 9.98. The van der Waals surface area contributed by atoms with Crippen molar-refractivity contribution in [2.24, 2.45) is 5.73 Å². The molecule has 3 aromatic rings. The molecule has 2 amide bonds. The summed E-state index contributed by atoms with van der Waals surface area (Å²) < 4.78 is 5.84. The van der Waals surface area contributed by atoms with Crippen molar-refractivity contribution in [2.45, 2.75) is 25.7 Å². The van der Waals surface area contributed by atoms with Gasteiger partial charge in [-0.1, -0.05) is 24.1 Å². The van der Waals surface area contributed by atoms with Crippen LogP contribution >= 0.6 is 11.3 Å². The molecule has 4 rings (SSSR count). The molecular weight excluding hydrogens is 422 g/mol. The van der Waals surface area contributed by atoms with E-state index in [1.54, 1.807) is 11.8 Å². The third kappa shape index (κ3) is 4.82. The van der Waals surface area contributed by atoms with Crippen molar-refractivity contribution in [3.8, 4) is 34.6 Å². The Kier molecular flexibility index (Phi) is 6.52. The molecule has 0 bridgehead atoms. The highest BCUT2D eigenvalue weighted by atomic mass is 32.1. The van der Waals surface area contributed by atoms with Crippen molar-refractivity contribution in [3.63, 3.8) is 0 Å². The number of ether oxygens (including phenoxy) is 1. The Morgan fingerprint density at radius 3 is 2.53 bits per heavy atom. The van der Waals surface area contributed by atoms with Gasteiger partial charge in [-0.2, -0.15) is 0 Å². The van der Waals surface area contributed by atoms with Crippen molar-refractivity contribution in [2.75, 3.05) is 13.1 Å². The normalized spacial score (nSPS) is 15.5. The van der Waals surface area contributed by atoms with Crippen LogP contribution in [-0.2, 0) is 4.79 Å². The van der Waals surface area contributed by atoms with E-state index in [1.807, 2.05) is 54.6 Å². The average molecular weight is 446 g/mol. The standard InChI is InChI=1S/C25H23N3O3S/c1-2-7-21(29)28-15-6-8-18(16-28)25-27-22(23(32-25)24(26)30)17-11-13-20(14-12-17)31-19-9-4-3-5-10-19/h3-5,9-14,18H,6,8,15-16H2,1H3,(H2,26,30). The zero-order valence-electron chi connectivity index (χ0n) is 17.7. The Hall–Kier alpha value is -3.63. The molecule has 2 N–H and O–H groups in total. The minimum Gasteiger partial charge on any atom is -0.457 e. The molecule has 1 saturated heterocycles. The second-order valence-corrected chi connectivity index (χ2v) is 8.53. The Morgan fingerprint density at radius 2 is 1.84 bits per heavy atom. The van der Waals surface area contributed by atoms with E-state index in [9.17, 15) is 9.59 Å². The van der Waals surface area contributed by atoms with Crippen molar-refractivity contribution in [3.05, 3.63) is 64.5 Å². The maximum absolute atomic E-state index is 12.2. The number of nitrogens with two attached hydrogens (primary N) is 1. The number of carbonyl (C=O) groups is 2. The fraction of sp³-hybridized carbons (Fsp3) is 0.240. The van der Waals surface area contributed by atoms with Gasteiger partial charge in [-0.15, -0.1) is 11.3 Å². The molecule has 2 heterocycles. The van der Waals surface area contributed by atoms with E-state index in [0.29, 0.717) is 29.4 Å². The monoisotopic (exact) mass is 445 g/mol. The second-order valence-electron chi connectivity index (χ2n) is 7.50. The summed E-state index contributed by atoms with van der Waals surface area (Å²) >= 11 is 1.31.